The van der Waals surface area contributed by atoms with Crippen LogP contribution in [-0.2, 0) is 14.6 Å². The van der Waals surface area contributed by atoms with E-state index in [0.29, 0.717) is 11.6 Å². The van der Waals surface area contributed by atoms with Gasteiger partial charge in [0, 0.05) is 25.2 Å². The van der Waals surface area contributed by atoms with E-state index in [1.165, 1.54) is 17.3 Å². The van der Waals surface area contributed by atoms with Crippen molar-refractivity contribution in [3.8, 4) is 5.69 Å². The van der Waals surface area contributed by atoms with Gasteiger partial charge in [-0.25, -0.2) is 8.42 Å². The number of sulfone groups is 1. The predicted octanol–water partition coefficient (Wildman–Crippen LogP) is 3.08. The molecule has 2 aliphatic rings. The van der Waals surface area contributed by atoms with Gasteiger partial charge in [-0.3, -0.25) is 9.36 Å². The van der Waals surface area contributed by atoms with Gasteiger partial charge in [0.1, 0.15) is 0 Å². The highest BCUT2D eigenvalue weighted by Gasteiger charge is 2.36. The fourth-order valence-corrected chi connectivity index (χ4v) is 7.13. The van der Waals surface area contributed by atoms with Crippen LogP contribution in [0.1, 0.15) is 45.1 Å². The molecular formula is C23H33N5O3S2. The lowest BCUT2D eigenvalue weighted by Gasteiger charge is -2.33. The molecule has 2 unspecified atom stereocenters. The SMILES string of the molecule is CCC(C)N(C(=O)CSc1nnc(N2CCCC2)n1-c1ccc(C)cc1)C1CCS(=O)(=O)C1. The first kappa shape index (κ1) is 24.1. The molecule has 0 saturated carbocycles. The summed E-state index contributed by atoms with van der Waals surface area (Å²) in [5.74, 6) is 1.19. The molecule has 2 fully saturated rings. The summed E-state index contributed by atoms with van der Waals surface area (Å²) in [6.07, 6.45) is 3.57. The number of hydrogen-bond donors (Lipinski definition) is 0. The first-order valence-electron chi connectivity index (χ1n) is 11.7. The van der Waals surface area contributed by atoms with E-state index in [1.54, 1.807) is 4.90 Å². The molecule has 4 rings (SSSR count). The molecule has 0 spiro atoms. The zero-order valence-electron chi connectivity index (χ0n) is 19.6. The van der Waals surface area contributed by atoms with Crippen LogP contribution in [0.15, 0.2) is 29.4 Å². The van der Waals surface area contributed by atoms with E-state index in [1.807, 2.05) is 18.4 Å². The van der Waals surface area contributed by atoms with Crippen LogP contribution in [0.4, 0.5) is 5.95 Å². The highest BCUT2D eigenvalue weighted by Crippen LogP contribution is 2.30. The number of thioether (sulfide) groups is 1. The fourth-order valence-electron chi connectivity index (χ4n) is 4.60. The molecule has 2 atom stereocenters. The van der Waals surface area contributed by atoms with Crippen LogP contribution in [0.3, 0.4) is 0 Å². The summed E-state index contributed by atoms with van der Waals surface area (Å²) < 4.78 is 26.1. The molecule has 1 aromatic carbocycles. The Bertz CT molecular complexity index is 1080. The number of aromatic nitrogens is 3. The van der Waals surface area contributed by atoms with Gasteiger partial charge in [-0.2, -0.15) is 0 Å². The topological polar surface area (TPSA) is 88.4 Å². The van der Waals surface area contributed by atoms with E-state index in [0.717, 1.165) is 44.0 Å². The van der Waals surface area contributed by atoms with Crippen LogP contribution in [0.2, 0.25) is 0 Å². The van der Waals surface area contributed by atoms with Gasteiger partial charge in [-0.05, 0) is 51.7 Å². The molecule has 2 aliphatic heterocycles. The number of nitrogens with zero attached hydrogens (tertiary/aromatic N) is 5. The van der Waals surface area contributed by atoms with Crippen molar-refractivity contribution in [2.45, 2.75) is 63.7 Å². The maximum Gasteiger partial charge on any atom is 0.233 e. The Morgan fingerprint density at radius 1 is 1.21 bits per heavy atom. The van der Waals surface area contributed by atoms with E-state index in [9.17, 15) is 13.2 Å². The summed E-state index contributed by atoms with van der Waals surface area (Å²) in [5, 5.41) is 9.60. The molecule has 0 radical (unpaired) electrons. The molecule has 3 heterocycles. The lowest BCUT2D eigenvalue weighted by Crippen LogP contribution is -2.47. The zero-order valence-corrected chi connectivity index (χ0v) is 21.2. The van der Waals surface area contributed by atoms with Gasteiger partial charge in [0.2, 0.25) is 11.9 Å². The van der Waals surface area contributed by atoms with Crippen LogP contribution in [0.5, 0.6) is 0 Å². The lowest BCUT2D eigenvalue weighted by atomic mass is 10.1. The molecule has 33 heavy (non-hydrogen) atoms. The standard InChI is InChI=1S/C23H33N5O3S2/c1-4-18(3)27(20-11-14-33(30,31)16-20)21(29)15-32-23-25-24-22(26-12-5-6-13-26)28(23)19-9-7-17(2)8-10-19/h7-10,18,20H,4-6,11-16H2,1-3H3. The average Bonchev–Trinajstić information content (AvgIpc) is 3.52. The molecule has 2 aromatic rings. The normalized spacial score (nSPS) is 20.8. The van der Waals surface area contributed by atoms with E-state index in [-0.39, 0.29) is 35.2 Å². The first-order valence-corrected chi connectivity index (χ1v) is 14.5. The second-order valence-electron chi connectivity index (χ2n) is 9.05. The van der Waals surface area contributed by atoms with Crippen LogP contribution >= 0.6 is 11.8 Å². The molecule has 0 bridgehead atoms. The van der Waals surface area contributed by atoms with E-state index in [4.69, 9.17) is 0 Å². The zero-order chi connectivity index (χ0) is 23.6. The van der Waals surface area contributed by atoms with Crippen LogP contribution in [0, 0.1) is 6.92 Å². The highest BCUT2D eigenvalue weighted by atomic mass is 32.2. The summed E-state index contributed by atoms with van der Waals surface area (Å²) in [5.41, 5.74) is 2.15. The smallest absolute Gasteiger partial charge is 0.233 e. The number of rotatable bonds is 8. The Kier molecular flexibility index (Phi) is 7.33. The molecular weight excluding hydrogens is 458 g/mol. The predicted molar refractivity (Wildman–Crippen MR) is 132 cm³/mol. The number of hydrogen-bond acceptors (Lipinski definition) is 7. The number of amides is 1. The summed E-state index contributed by atoms with van der Waals surface area (Å²) >= 11 is 1.37. The lowest BCUT2D eigenvalue weighted by molar-refractivity contribution is -0.132. The van der Waals surface area contributed by atoms with Crippen LogP contribution in [-0.4, -0.2) is 76.4 Å². The monoisotopic (exact) mass is 491 g/mol. The van der Waals surface area contributed by atoms with Crippen molar-refractivity contribution in [2.24, 2.45) is 0 Å². The minimum absolute atomic E-state index is 0.00784. The molecule has 2 saturated heterocycles. The third kappa shape index (κ3) is 5.37. The minimum Gasteiger partial charge on any atom is -0.341 e. The number of anilines is 1. The van der Waals surface area contributed by atoms with Crippen molar-refractivity contribution in [1.82, 2.24) is 19.7 Å². The second-order valence-corrected chi connectivity index (χ2v) is 12.2. The Labute approximate surface area is 200 Å². The molecule has 1 amide bonds. The average molecular weight is 492 g/mol. The van der Waals surface area contributed by atoms with E-state index in [2.05, 4.69) is 46.3 Å². The van der Waals surface area contributed by atoms with Gasteiger partial charge < -0.3 is 9.80 Å². The van der Waals surface area contributed by atoms with Crippen molar-refractivity contribution in [1.29, 1.82) is 0 Å². The summed E-state index contributed by atoms with van der Waals surface area (Å²) in [6, 6.07) is 7.99. The fraction of sp³-hybridized carbons (Fsp3) is 0.609. The van der Waals surface area contributed by atoms with Crippen molar-refractivity contribution >= 4 is 33.5 Å². The summed E-state index contributed by atoms with van der Waals surface area (Å²) in [6.45, 7) is 7.97. The van der Waals surface area contributed by atoms with Crippen LogP contribution < -0.4 is 4.90 Å². The van der Waals surface area contributed by atoms with Crippen molar-refractivity contribution < 1.29 is 13.2 Å². The van der Waals surface area contributed by atoms with Crippen molar-refractivity contribution in [3.05, 3.63) is 29.8 Å². The highest BCUT2D eigenvalue weighted by molar-refractivity contribution is 7.99. The van der Waals surface area contributed by atoms with Gasteiger partial charge in [-0.15, -0.1) is 10.2 Å². The summed E-state index contributed by atoms with van der Waals surface area (Å²) in [7, 11) is -3.07. The third-order valence-electron chi connectivity index (χ3n) is 6.58. The molecule has 8 nitrogen and oxygen atoms in total. The Morgan fingerprint density at radius 2 is 1.91 bits per heavy atom. The Morgan fingerprint density at radius 3 is 2.52 bits per heavy atom. The number of benzene rings is 1. The minimum atomic E-state index is -3.07. The molecule has 0 aliphatic carbocycles. The number of carbonyl (C=O) groups is 1. The number of carbonyl (C=O) groups excluding carboxylic acids is 1. The number of aryl methyl sites for hydroxylation is 1. The van der Waals surface area contributed by atoms with Gasteiger partial charge in [0.15, 0.2) is 15.0 Å². The van der Waals surface area contributed by atoms with E-state index >= 15 is 0 Å². The molecule has 1 aromatic heterocycles. The maximum absolute atomic E-state index is 13.3. The first-order chi connectivity index (χ1) is 15.8. The largest absolute Gasteiger partial charge is 0.341 e. The Balaban J connectivity index is 1.56. The Hall–Kier alpha value is -2.07. The molecule has 180 valence electrons. The van der Waals surface area contributed by atoms with Crippen molar-refractivity contribution in [3.63, 3.8) is 0 Å². The van der Waals surface area contributed by atoms with Gasteiger partial charge in [-0.1, -0.05) is 36.4 Å². The van der Waals surface area contributed by atoms with Crippen molar-refractivity contribution in [2.75, 3.05) is 35.2 Å². The molecule has 0 N–H and O–H groups in total. The molecule has 10 heteroatoms. The summed E-state index contributed by atoms with van der Waals surface area (Å²) in [4.78, 5) is 17.4. The van der Waals surface area contributed by atoms with Crippen LogP contribution in [0.25, 0.3) is 5.69 Å². The van der Waals surface area contributed by atoms with Gasteiger partial charge in [0.25, 0.3) is 0 Å². The third-order valence-corrected chi connectivity index (χ3v) is 9.24. The van der Waals surface area contributed by atoms with Gasteiger partial charge in [0.05, 0.1) is 22.9 Å². The van der Waals surface area contributed by atoms with Gasteiger partial charge >= 0.3 is 0 Å². The second kappa shape index (κ2) is 10.0. The maximum atomic E-state index is 13.3. The quantitative estimate of drug-likeness (QED) is 0.524. The van der Waals surface area contributed by atoms with E-state index < -0.39 is 9.84 Å².